The van der Waals surface area contributed by atoms with E-state index < -0.39 is 0 Å². The third-order valence-electron chi connectivity index (χ3n) is 5.45. The molecule has 0 unspecified atom stereocenters. The highest BCUT2D eigenvalue weighted by atomic mass is 32.2. The Morgan fingerprint density at radius 3 is 3.03 bits per heavy atom. The second-order valence-electron chi connectivity index (χ2n) is 7.79. The quantitative estimate of drug-likeness (QED) is 0.314. The normalized spacial score (nSPS) is 15.7. The molecule has 0 spiro atoms. The van der Waals surface area contributed by atoms with Crippen LogP contribution in [0.4, 0.5) is 5.95 Å². The van der Waals surface area contributed by atoms with Crippen molar-refractivity contribution in [1.29, 1.82) is 0 Å². The molecule has 0 fully saturated rings. The van der Waals surface area contributed by atoms with Crippen molar-refractivity contribution < 1.29 is 4.79 Å². The Balaban J connectivity index is 1.28. The van der Waals surface area contributed by atoms with E-state index in [1.165, 1.54) is 40.2 Å². The number of nitrogens with zero attached hydrogens (tertiary/aromatic N) is 4. The predicted octanol–water partition coefficient (Wildman–Crippen LogP) is 5.37. The van der Waals surface area contributed by atoms with Gasteiger partial charge in [-0.3, -0.25) is 10.1 Å². The molecule has 31 heavy (non-hydrogen) atoms. The Bertz CT molecular complexity index is 1270. The third kappa shape index (κ3) is 4.22. The number of amides is 1. The zero-order chi connectivity index (χ0) is 21.4. The first-order valence-corrected chi connectivity index (χ1v) is 12.7. The number of fused-ring (bicyclic) bond motifs is 3. The van der Waals surface area contributed by atoms with E-state index in [1.807, 2.05) is 31.2 Å². The molecule has 0 radical (unpaired) electrons. The number of anilines is 1. The van der Waals surface area contributed by atoms with Gasteiger partial charge in [0.2, 0.25) is 11.9 Å². The van der Waals surface area contributed by atoms with Crippen molar-refractivity contribution in [3.05, 3.63) is 46.6 Å². The molecule has 1 aliphatic carbocycles. The van der Waals surface area contributed by atoms with Crippen LogP contribution in [0.1, 0.15) is 29.3 Å². The lowest BCUT2D eigenvalue weighted by molar-refractivity contribution is -0.113. The Morgan fingerprint density at radius 1 is 1.29 bits per heavy atom. The van der Waals surface area contributed by atoms with Gasteiger partial charge >= 0.3 is 0 Å². The van der Waals surface area contributed by atoms with E-state index in [1.54, 1.807) is 17.7 Å². The van der Waals surface area contributed by atoms with Gasteiger partial charge in [0.15, 0.2) is 0 Å². The summed E-state index contributed by atoms with van der Waals surface area (Å²) < 4.78 is 4.30. The van der Waals surface area contributed by atoms with Gasteiger partial charge in [-0.05, 0) is 54.8 Å². The van der Waals surface area contributed by atoms with Gasteiger partial charge in [0.05, 0.1) is 5.75 Å². The van der Waals surface area contributed by atoms with Crippen LogP contribution in [0.3, 0.4) is 0 Å². The van der Waals surface area contributed by atoms with E-state index in [-0.39, 0.29) is 11.7 Å². The van der Waals surface area contributed by atoms with Gasteiger partial charge in [-0.15, -0.1) is 11.3 Å². The lowest BCUT2D eigenvalue weighted by Crippen LogP contribution is -2.15. The summed E-state index contributed by atoms with van der Waals surface area (Å²) in [6.45, 7) is 4.34. The summed E-state index contributed by atoms with van der Waals surface area (Å²) in [5.41, 5.74) is 3.55. The van der Waals surface area contributed by atoms with Crippen LogP contribution in [0, 0.1) is 12.8 Å². The van der Waals surface area contributed by atoms with Crippen molar-refractivity contribution in [3.63, 3.8) is 0 Å². The Kier molecular flexibility index (Phi) is 5.73. The molecule has 1 amide bonds. The number of hydrogen-bond acceptors (Lipinski definition) is 8. The number of rotatable bonds is 5. The molecule has 1 N–H and O–H groups in total. The van der Waals surface area contributed by atoms with Crippen molar-refractivity contribution in [2.24, 2.45) is 5.92 Å². The molecule has 4 aromatic rings. The van der Waals surface area contributed by atoms with Gasteiger partial charge in [-0.25, -0.2) is 9.97 Å². The minimum absolute atomic E-state index is 0.136. The number of carbonyl (C=O) groups excluding carboxylic acids is 1. The van der Waals surface area contributed by atoms with E-state index in [0.29, 0.717) is 11.9 Å². The van der Waals surface area contributed by atoms with Crippen LogP contribution in [-0.2, 0) is 17.6 Å². The van der Waals surface area contributed by atoms with Gasteiger partial charge in [-0.2, -0.15) is 9.36 Å². The van der Waals surface area contributed by atoms with E-state index in [4.69, 9.17) is 0 Å². The fraction of sp³-hybridized carbons (Fsp3) is 0.318. The minimum atomic E-state index is -0.136. The molecule has 6 nitrogen and oxygen atoms in total. The summed E-state index contributed by atoms with van der Waals surface area (Å²) in [7, 11) is 0. The van der Waals surface area contributed by atoms with Crippen LogP contribution in [0.5, 0.6) is 0 Å². The fourth-order valence-electron chi connectivity index (χ4n) is 3.85. The summed E-state index contributed by atoms with van der Waals surface area (Å²) in [4.78, 5) is 28.5. The number of nitrogens with one attached hydrogen (secondary N) is 1. The summed E-state index contributed by atoms with van der Waals surface area (Å²) in [5, 5.41) is 5.65. The van der Waals surface area contributed by atoms with Gasteiger partial charge in [0, 0.05) is 15.8 Å². The molecule has 158 valence electrons. The first kappa shape index (κ1) is 20.5. The maximum absolute atomic E-state index is 12.6. The topological polar surface area (TPSA) is 80.7 Å². The number of aromatic nitrogens is 4. The summed E-state index contributed by atoms with van der Waals surface area (Å²) in [6.07, 6.45) is 4.97. The van der Waals surface area contributed by atoms with E-state index >= 15 is 0 Å². The monoisotopic (exact) mass is 467 g/mol. The molecule has 0 saturated heterocycles. The van der Waals surface area contributed by atoms with Gasteiger partial charge in [0.1, 0.15) is 21.2 Å². The molecule has 1 aliphatic rings. The molecule has 3 aromatic heterocycles. The van der Waals surface area contributed by atoms with Crippen molar-refractivity contribution in [1.82, 2.24) is 19.3 Å². The summed E-state index contributed by atoms with van der Waals surface area (Å²) in [5.74, 6) is 1.18. The first-order valence-electron chi connectivity index (χ1n) is 10.2. The second kappa shape index (κ2) is 8.64. The van der Waals surface area contributed by atoms with Crippen LogP contribution in [-0.4, -0.2) is 31.0 Å². The molecule has 3 heterocycles. The number of thiophene rings is 1. The molecular formula is C22H21N5OS3. The maximum Gasteiger partial charge on any atom is 0.241 e. The number of benzene rings is 1. The Morgan fingerprint density at radius 2 is 2.16 bits per heavy atom. The smallest absolute Gasteiger partial charge is 0.241 e. The molecule has 9 heteroatoms. The number of aryl methyl sites for hydroxylation is 2. The number of carbonyl (C=O) groups is 1. The predicted molar refractivity (Wildman–Crippen MR) is 128 cm³/mol. The largest absolute Gasteiger partial charge is 0.293 e. The van der Waals surface area contributed by atoms with Crippen molar-refractivity contribution in [2.45, 2.75) is 38.1 Å². The number of hydrogen-bond donors (Lipinski definition) is 1. The first-order chi connectivity index (χ1) is 15.1. The average Bonchev–Trinajstić information content (AvgIpc) is 3.36. The number of thioether (sulfide) groups is 1. The van der Waals surface area contributed by atoms with Crippen LogP contribution in [0.25, 0.3) is 20.8 Å². The Labute approximate surface area is 192 Å². The molecule has 5 rings (SSSR count). The van der Waals surface area contributed by atoms with Crippen molar-refractivity contribution >= 4 is 56.7 Å². The third-order valence-corrected chi connectivity index (χ3v) is 8.35. The highest BCUT2D eigenvalue weighted by Gasteiger charge is 2.23. The van der Waals surface area contributed by atoms with Crippen molar-refractivity contribution in [2.75, 3.05) is 11.1 Å². The van der Waals surface area contributed by atoms with Gasteiger partial charge in [0.25, 0.3) is 0 Å². The van der Waals surface area contributed by atoms with E-state index in [0.717, 1.165) is 44.2 Å². The minimum Gasteiger partial charge on any atom is -0.293 e. The molecule has 1 atom stereocenters. The maximum atomic E-state index is 12.6. The lowest BCUT2D eigenvalue weighted by Gasteiger charge is -2.18. The van der Waals surface area contributed by atoms with Crippen LogP contribution >= 0.6 is 34.6 Å². The van der Waals surface area contributed by atoms with Gasteiger partial charge in [-0.1, -0.05) is 43.0 Å². The van der Waals surface area contributed by atoms with E-state index in [2.05, 4.69) is 31.6 Å². The molecule has 1 aromatic carbocycles. The molecule has 0 aliphatic heterocycles. The van der Waals surface area contributed by atoms with Crippen LogP contribution < -0.4 is 5.32 Å². The summed E-state index contributed by atoms with van der Waals surface area (Å²) >= 11 is 4.52. The van der Waals surface area contributed by atoms with Crippen LogP contribution in [0.15, 0.2) is 35.6 Å². The standard InChI is InChI=1S/C22H21N5OS3/c1-12-7-8-15-16(9-12)30-21-18(15)20(23-11-24-21)29-10-17(28)25-22-26-19(31-27-22)14-6-4-3-5-13(14)2/h3-6,11-12H,7-10H2,1-2H3,(H,25,27,28)/t12-/m0/s1. The molecular weight excluding hydrogens is 446 g/mol. The zero-order valence-corrected chi connectivity index (χ0v) is 19.7. The molecule has 0 saturated carbocycles. The molecule has 0 bridgehead atoms. The highest BCUT2D eigenvalue weighted by molar-refractivity contribution is 8.00. The summed E-state index contributed by atoms with van der Waals surface area (Å²) in [6, 6.07) is 8.03. The lowest BCUT2D eigenvalue weighted by atomic mass is 9.89. The van der Waals surface area contributed by atoms with Gasteiger partial charge < -0.3 is 0 Å². The van der Waals surface area contributed by atoms with Crippen LogP contribution in [0.2, 0.25) is 0 Å². The van der Waals surface area contributed by atoms with E-state index in [9.17, 15) is 4.79 Å². The van der Waals surface area contributed by atoms with Crippen molar-refractivity contribution in [3.8, 4) is 10.6 Å². The Hall–Kier alpha value is -2.36. The zero-order valence-electron chi connectivity index (χ0n) is 17.2. The fourth-order valence-corrected chi connectivity index (χ4v) is 6.80. The highest BCUT2D eigenvalue weighted by Crippen LogP contribution is 2.40. The SMILES string of the molecule is Cc1ccccc1-c1nc(NC(=O)CSc2ncnc3sc4c(c23)CC[C@H](C)C4)ns1. The average molecular weight is 468 g/mol. The second-order valence-corrected chi connectivity index (χ2v) is 10.6.